The molecule has 0 spiro atoms. The van der Waals surface area contributed by atoms with Crippen LogP contribution in [0.1, 0.15) is 22.6 Å². The van der Waals surface area contributed by atoms with E-state index >= 15 is 0 Å². The Morgan fingerprint density at radius 2 is 1.78 bits per heavy atom. The van der Waals surface area contributed by atoms with Crippen molar-refractivity contribution in [3.63, 3.8) is 0 Å². The first-order valence-electron chi connectivity index (χ1n) is 7.43. The summed E-state index contributed by atoms with van der Waals surface area (Å²) < 4.78 is 5.71. The number of aryl methyl sites for hydroxylation is 3. The van der Waals surface area contributed by atoms with Crippen molar-refractivity contribution < 1.29 is 4.42 Å². The highest BCUT2D eigenvalue weighted by molar-refractivity contribution is 6.30. The van der Waals surface area contributed by atoms with E-state index in [0.717, 1.165) is 11.3 Å². The van der Waals surface area contributed by atoms with E-state index < -0.39 is 0 Å². The zero-order valence-corrected chi connectivity index (χ0v) is 14.1. The minimum absolute atomic E-state index is 0.474. The third kappa shape index (κ3) is 3.54. The predicted molar refractivity (Wildman–Crippen MR) is 92.7 cm³/mol. The average molecular weight is 328 g/mol. The van der Waals surface area contributed by atoms with Crippen LogP contribution in [0.15, 0.2) is 40.8 Å². The number of rotatable bonds is 4. The number of aromatic nitrogens is 2. The lowest BCUT2D eigenvalue weighted by Gasteiger charge is -2.12. The molecule has 0 unspecified atom stereocenters. The molecule has 0 amide bonds. The fourth-order valence-corrected chi connectivity index (χ4v) is 2.88. The number of halogens is 1. The maximum Gasteiger partial charge on any atom is 0.247 e. The van der Waals surface area contributed by atoms with Gasteiger partial charge in [0.25, 0.3) is 0 Å². The quantitative estimate of drug-likeness (QED) is 0.738. The third-order valence-electron chi connectivity index (χ3n) is 3.63. The summed E-state index contributed by atoms with van der Waals surface area (Å²) in [6.45, 7) is 6.76. The molecule has 23 heavy (non-hydrogen) atoms. The highest BCUT2D eigenvalue weighted by Gasteiger charge is 2.10. The Kier molecular flexibility index (Phi) is 4.35. The second-order valence-electron chi connectivity index (χ2n) is 5.64. The van der Waals surface area contributed by atoms with Crippen LogP contribution in [0.3, 0.4) is 0 Å². The molecule has 118 valence electrons. The summed E-state index contributed by atoms with van der Waals surface area (Å²) in [4.78, 5) is 0. The van der Waals surface area contributed by atoms with Gasteiger partial charge in [0.2, 0.25) is 11.8 Å². The minimum Gasteiger partial charge on any atom is -0.419 e. The molecule has 0 aliphatic heterocycles. The zero-order valence-electron chi connectivity index (χ0n) is 13.4. The van der Waals surface area contributed by atoms with E-state index in [9.17, 15) is 0 Å². The molecular formula is C18H18ClN3O. The summed E-state index contributed by atoms with van der Waals surface area (Å²) in [5, 5.41) is 12.2. The molecule has 3 rings (SSSR count). The molecule has 2 aromatic carbocycles. The molecule has 0 fully saturated rings. The third-order valence-corrected chi connectivity index (χ3v) is 3.87. The molecule has 1 aromatic heterocycles. The Balaban J connectivity index is 1.75. The molecule has 0 saturated carbocycles. The van der Waals surface area contributed by atoms with Crippen LogP contribution in [0.4, 0.5) is 5.69 Å². The van der Waals surface area contributed by atoms with Crippen molar-refractivity contribution in [1.82, 2.24) is 10.2 Å². The van der Waals surface area contributed by atoms with Gasteiger partial charge in [0.05, 0.1) is 6.54 Å². The first kappa shape index (κ1) is 15.6. The van der Waals surface area contributed by atoms with E-state index in [1.165, 1.54) is 16.7 Å². The van der Waals surface area contributed by atoms with Crippen LogP contribution >= 0.6 is 11.6 Å². The smallest absolute Gasteiger partial charge is 0.247 e. The molecule has 1 N–H and O–H groups in total. The predicted octanol–water partition coefficient (Wildman–Crippen LogP) is 4.93. The van der Waals surface area contributed by atoms with Crippen molar-refractivity contribution in [2.75, 3.05) is 5.32 Å². The number of nitrogens with one attached hydrogen (secondary N) is 1. The SMILES string of the molecule is Cc1cc(C)c(NCc2nnc(-c3cccc(Cl)c3)o2)c(C)c1. The highest BCUT2D eigenvalue weighted by atomic mass is 35.5. The lowest BCUT2D eigenvalue weighted by molar-refractivity contribution is 0.515. The van der Waals surface area contributed by atoms with Gasteiger partial charge in [-0.15, -0.1) is 10.2 Å². The van der Waals surface area contributed by atoms with Gasteiger partial charge in [-0.3, -0.25) is 0 Å². The molecule has 5 heteroatoms. The van der Waals surface area contributed by atoms with Crippen molar-refractivity contribution in [2.24, 2.45) is 0 Å². The van der Waals surface area contributed by atoms with Gasteiger partial charge in [-0.05, 0) is 50.1 Å². The van der Waals surface area contributed by atoms with Crippen LogP contribution in [0, 0.1) is 20.8 Å². The Morgan fingerprint density at radius 1 is 1.04 bits per heavy atom. The summed E-state index contributed by atoms with van der Waals surface area (Å²) in [7, 11) is 0. The van der Waals surface area contributed by atoms with Crippen LogP contribution in [0.25, 0.3) is 11.5 Å². The Morgan fingerprint density at radius 3 is 2.48 bits per heavy atom. The van der Waals surface area contributed by atoms with Crippen LogP contribution < -0.4 is 5.32 Å². The topological polar surface area (TPSA) is 51.0 Å². The van der Waals surface area contributed by atoms with E-state index in [2.05, 4.69) is 48.4 Å². The fourth-order valence-electron chi connectivity index (χ4n) is 2.69. The monoisotopic (exact) mass is 327 g/mol. The van der Waals surface area contributed by atoms with Crippen molar-refractivity contribution >= 4 is 17.3 Å². The van der Waals surface area contributed by atoms with Gasteiger partial charge < -0.3 is 9.73 Å². The zero-order chi connectivity index (χ0) is 16.4. The largest absolute Gasteiger partial charge is 0.419 e. The fraction of sp³-hybridized carbons (Fsp3) is 0.222. The van der Waals surface area contributed by atoms with Crippen LogP contribution in [0.5, 0.6) is 0 Å². The molecule has 4 nitrogen and oxygen atoms in total. The van der Waals surface area contributed by atoms with Gasteiger partial charge in [-0.1, -0.05) is 35.4 Å². The van der Waals surface area contributed by atoms with Crippen molar-refractivity contribution in [3.8, 4) is 11.5 Å². The first-order valence-corrected chi connectivity index (χ1v) is 7.81. The number of benzene rings is 2. The van der Waals surface area contributed by atoms with Crippen molar-refractivity contribution in [3.05, 3.63) is 64.0 Å². The Labute approximate surface area is 140 Å². The van der Waals surface area contributed by atoms with Crippen LogP contribution in [-0.2, 0) is 6.54 Å². The van der Waals surface area contributed by atoms with Crippen LogP contribution in [-0.4, -0.2) is 10.2 Å². The number of hydrogen-bond acceptors (Lipinski definition) is 4. The maximum absolute atomic E-state index is 5.99. The minimum atomic E-state index is 0.474. The van der Waals surface area contributed by atoms with Crippen LogP contribution in [0.2, 0.25) is 5.02 Å². The molecule has 0 atom stereocenters. The molecule has 0 aliphatic carbocycles. The summed E-state index contributed by atoms with van der Waals surface area (Å²) in [6.07, 6.45) is 0. The summed E-state index contributed by atoms with van der Waals surface area (Å²) >= 11 is 5.99. The standard InChI is InChI=1S/C18H18ClN3O/c1-11-7-12(2)17(13(3)8-11)20-10-16-21-22-18(23-16)14-5-4-6-15(19)9-14/h4-9,20H,10H2,1-3H3. The van der Waals surface area contributed by atoms with E-state index in [0.29, 0.717) is 23.3 Å². The number of nitrogens with zero attached hydrogens (tertiary/aromatic N) is 2. The van der Waals surface area contributed by atoms with E-state index in [4.69, 9.17) is 16.0 Å². The van der Waals surface area contributed by atoms with E-state index in [-0.39, 0.29) is 0 Å². The second kappa shape index (κ2) is 6.42. The Hall–Kier alpha value is -2.33. The molecule has 3 aromatic rings. The van der Waals surface area contributed by atoms with E-state index in [1.807, 2.05) is 18.2 Å². The molecule has 0 saturated heterocycles. The summed E-state index contributed by atoms with van der Waals surface area (Å²) in [6, 6.07) is 11.7. The molecule has 0 aliphatic rings. The van der Waals surface area contributed by atoms with Gasteiger partial charge in [0, 0.05) is 16.3 Å². The van der Waals surface area contributed by atoms with Gasteiger partial charge in [-0.2, -0.15) is 0 Å². The average Bonchev–Trinajstić information content (AvgIpc) is 2.95. The molecule has 0 bridgehead atoms. The van der Waals surface area contributed by atoms with Crippen molar-refractivity contribution in [1.29, 1.82) is 0 Å². The Bertz CT molecular complexity index is 819. The molecule has 0 radical (unpaired) electrons. The second-order valence-corrected chi connectivity index (χ2v) is 6.08. The lowest BCUT2D eigenvalue weighted by Crippen LogP contribution is -2.03. The lowest BCUT2D eigenvalue weighted by atomic mass is 10.1. The van der Waals surface area contributed by atoms with Gasteiger partial charge in [0.15, 0.2) is 0 Å². The number of hydrogen-bond donors (Lipinski definition) is 1. The maximum atomic E-state index is 5.99. The molecular weight excluding hydrogens is 310 g/mol. The normalized spacial score (nSPS) is 10.8. The van der Waals surface area contributed by atoms with Gasteiger partial charge in [-0.25, -0.2) is 0 Å². The summed E-state index contributed by atoms with van der Waals surface area (Å²) in [5.74, 6) is 1.01. The van der Waals surface area contributed by atoms with E-state index in [1.54, 1.807) is 6.07 Å². The first-order chi connectivity index (χ1) is 11.0. The molecule has 1 heterocycles. The van der Waals surface area contributed by atoms with Gasteiger partial charge >= 0.3 is 0 Å². The summed E-state index contributed by atoms with van der Waals surface area (Å²) in [5.41, 5.74) is 5.60. The number of anilines is 1. The van der Waals surface area contributed by atoms with Crippen molar-refractivity contribution in [2.45, 2.75) is 27.3 Å². The highest BCUT2D eigenvalue weighted by Crippen LogP contribution is 2.24. The van der Waals surface area contributed by atoms with Gasteiger partial charge in [0.1, 0.15) is 0 Å².